The topological polar surface area (TPSA) is 63.0 Å². The minimum Gasteiger partial charge on any atom is -0.422 e. The van der Waals surface area contributed by atoms with Crippen molar-refractivity contribution < 1.29 is 13.5 Å². The van der Waals surface area contributed by atoms with Crippen molar-refractivity contribution in [2.24, 2.45) is 0 Å². The Labute approximate surface area is 133 Å². The van der Waals surface area contributed by atoms with Gasteiger partial charge in [-0.1, -0.05) is 11.6 Å². The predicted molar refractivity (Wildman–Crippen MR) is 87.8 cm³/mol. The first-order chi connectivity index (χ1) is 10.2. The van der Waals surface area contributed by atoms with Gasteiger partial charge >= 0.3 is 13.3 Å². The Bertz CT molecular complexity index is 804. The van der Waals surface area contributed by atoms with Crippen molar-refractivity contribution in [3.05, 3.63) is 39.2 Å². The monoisotopic (exact) mass is 344 g/mol. The highest BCUT2D eigenvalue weighted by Crippen LogP contribution is 2.50. The summed E-state index contributed by atoms with van der Waals surface area (Å²) in [5.74, 6) is 0.350. The van der Waals surface area contributed by atoms with Gasteiger partial charge in [-0.15, -0.1) is 0 Å². The van der Waals surface area contributed by atoms with E-state index < -0.39 is 13.3 Å². The quantitative estimate of drug-likeness (QED) is 0.626. The van der Waals surface area contributed by atoms with Gasteiger partial charge in [0.1, 0.15) is 16.4 Å². The van der Waals surface area contributed by atoms with Gasteiger partial charge in [0.2, 0.25) is 0 Å². The van der Waals surface area contributed by atoms with E-state index in [0.29, 0.717) is 22.3 Å². The fraction of sp³-hybridized carbons (Fsp3) is 0.357. The van der Waals surface area contributed by atoms with E-state index in [1.54, 1.807) is 53.3 Å². The third kappa shape index (κ3) is 2.92. The van der Waals surface area contributed by atoms with Gasteiger partial charge in [0, 0.05) is 11.5 Å². The van der Waals surface area contributed by atoms with E-state index in [1.165, 1.54) is 9.34 Å². The molecular weight excluding hydrogens is 327 g/mol. The van der Waals surface area contributed by atoms with Crippen LogP contribution in [0, 0.1) is 6.92 Å². The minimum atomic E-state index is -3.18. The highest BCUT2D eigenvalue weighted by Gasteiger charge is 2.31. The van der Waals surface area contributed by atoms with Crippen molar-refractivity contribution in [2.45, 2.75) is 6.92 Å². The van der Waals surface area contributed by atoms with Crippen LogP contribution >= 0.6 is 19.3 Å². The van der Waals surface area contributed by atoms with Crippen molar-refractivity contribution in [3.8, 4) is 5.75 Å². The third-order valence-electron chi connectivity index (χ3n) is 3.30. The Kier molecular flexibility index (Phi) is 4.68. The van der Waals surface area contributed by atoms with E-state index in [2.05, 4.69) is 0 Å². The Balaban J connectivity index is 2.53. The number of benzene rings is 1. The zero-order valence-corrected chi connectivity index (χ0v) is 14.7. The minimum absolute atomic E-state index is 0.0634. The van der Waals surface area contributed by atoms with E-state index in [9.17, 15) is 9.36 Å². The Morgan fingerprint density at radius 1 is 1.18 bits per heavy atom. The number of aryl methyl sites for hydroxylation is 1. The molecule has 0 aliphatic rings. The zero-order valence-electron chi connectivity index (χ0n) is 13.1. The molecule has 0 aliphatic heterocycles. The van der Waals surface area contributed by atoms with Crippen molar-refractivity contribution in [3.63, 3.8) is 0 Å². The molecule has 0 saturated heterocycles. The molecular formula is C14H18ClN2O4P. The van der Waals surface area contributed by atoms with Crippen LogP contribution < -0.4 is 10.1 Å². The van der Waals surface area contributed by atoms with Gasteiger partial charge in [0.05, 0.1) is 0 Å². The van der Waals surface area contributed by atoms with Gasteiger partial charge in [-0.2, -0.15) is 0 Å². The number of fused-ring (bicyclic) bond motifs is 1. The van der Waals surface area contributed by atoms with Gasteiger partial charge in [-0.05, 0) is 52.8 Å². The molecule has 0 aliphatic carbocycles. The van der Waals surface area contributed by atoms with E-state index >= 15 is 0 Å². The summed E-state index contributed by atoms with van der Waals surface area (Å²) in [5.41, 5.74) is 0.378. The molecule has 0 atom stereocenters. The molecule has 1 aromatic heterocycles. The lowest BCUT2D eigenvalue weighted by Crippen LogP contribution is -2.24. The molecule has 0 unspecified atom stereocenters. The number of hydrogen-bond acceptors (Lipinski definition) is 4. The maximum atomic E-state index is 12.8. The lowest BCUT2D eigenvalue weighted by molar-refractivity contribution is 0.354. The van der Waals surface area contributed by atoms with Gasteiger partial charge in [0.15, 0.2) is 0 Å². The van der Waals surface area contributed by atoms with Crippen LogP contribution in [-0.4, -0.2) is 37.5 Å². The highest BCUT2D eigenvalue weighted by molar-refractivity contribution is 7.54. The number of rotatable bonds is 4. The molecule has 22 heavy (non-hydrogen) atoms. The van der Waals surface area contributed by atoms with Gasteiger partial charge in [-0.3, -0.25) is 0 Å². The molecule has 1 heterocycles. The standard InChI is InChI=1S/C14H18ClN2O4P/c1-9-11-7-6-10(8-12(11)20-14(18)13(9)15)21-22(19,16(2)3)17(4)5/h6-8H,1-5H3. The van der Waals surface area contributed by atoms with E-state index in [0.717, 1.165) is 0 Å². The number of nitrogens with zero attached hydrogens (tertiary/aromatic N) is 2. The third-order valence-corrected chi connectivity index (χ3v) is 6.21. The molecule has 0 amide bonds. The molecule has 8 heteroatoms. The molecule has 2 rings (SSSR count). The average molecular weight is 345 g/mol. The molecule has 0 saturated carbocycles. The molecule has 0 radical (unpaired) electrons. The van der Waals surface area contributed by atoms with Crippen LogP contribution in [0.15, 0.2) is 27.4 Å². The summed E-state index contributed by atoms with van der Waals surface area (Å²) < 4.78 is 26.7. The molecule has 0 spiro atoms. The molecule has 0 fully saturated rings. The van der Waals surface area contributed by atoms with E-state index in [4.69, 9.17) is 20.5 Å². The van der Waals surface area contributed by atoms with E-state index in [-0.39, 0.29) is 5.02 Å². The summed E-state index contributed by atoms with van der Waals surface area (Å²) >= 11 is 5.89. The first-order valence-electron chi connectivity index (χ1n) is 6.55. The van der Waals surface area contributed by atoms with Crippen LogP contribution in [0.5, 0.6) is 5.75 Å². The Hall–Kier alpha value is -1.33. The second kappa shape index (κ2) is 6.05. The second-order valence-electron chi connectivity index (χ2n) is 5.26. The summed E-state index contributed by atoms with van der Waals surface area (Å²) in [6.07, 6.45) is 0. The smallest absolute Gasteiger partial charge is 0.394 e. The average Bonchev–Trinajstić information content (AvgIpc) is 2.44. The normalized spacial score (nSPS) is 12.4. The number of hydrogen-bond donors (Lipinski definition) is 0. The molecule has 0 bridgehead atoms. The van der Waals surface area contributed by atoms with Crippen LogP contribution in [0.2, 0.25) is 5.02 Å². The largest absolute Gasteiger partial charge is 0.422 e. The van der Waals surface area contributed by atoms with Crippen LogP contribution in [0.4, 0.5) is 0 Å². The zero-order chi connectivity index (χ0) is 16.7. The predicted octanol–water partition coefficient (Wildman–Crippen LogP) is 3.36. The first-order valence-corrected chi connectivity index (χ1v) is 8.46. The summed E-state index contributed by atoms with van der Waals surface area (Å²) in [7, 11) is 3.51. The van der Waals surface area contributed by atoms with Crippen LogP contribution in [0.25, 0.3) is 11.0 Å². The number of halogens is 1. The van der Waals surface area contributed by atoms with E-state index in [1.807, 2.05) is 0 Å². The Morgan fingerprint density at radius 2 is 1.77 bits per heavy atom. The summed E-state index contributed by atoms with van der Waals surface area (Å²) in [5, 5.41) is 0.773. The molecule has 120 valence electrons. The van der Waals surface area contributed by atoms with Gasteiger partial charge in [-0.25, -0.2) is 18.7 Å². The van der Waals surface area contributed by atoms with Crippen molar-refractivity contribution >= 4 is 30.2 Å². The Morgan fingerprint density at radius 3 is 2.32 bits per heavy atom. The summed E-state index contributed by atoms with van der Waals surface area (Å²) in [6.45, 7) is 1.74. The van der Waals surface area contributed by atoms with Gasteiger partial charge < -0.3 is 8.94 Å². The van der Waals surface area contributed by atoms with Crippen molar-refractivity contribution in [2.75, 3.05) is 28.2 Å². The maximum Gasteiger partial charge on any atom is 0.394 e. The molecule has 0 N–H and O–H groups in total. The molecule has 2 aromatic rings. The van der Waals surface area contributed by atoms with Crippen LogP contribution in [-0.2, 0) is 4.57 Å². The second-order valence-corrected chi connectivity index (χ2v) is 8.40. The van der Waals surface area contributed by atoms with Crippen LogP contribution in [0.3, 0.4) is 0 Å². The van der Waals surface area contributed by atoms with Crippen LogP contribution in [0.1, 0.15) is 5.56 Å². The molecule has 6 nitrogen and oxygen atoms in total. The lowest BCUT2D eigenvalue weighted by Gasteiger charge is -2.29. The fourth-order valence-corrected chi connectivity index (χ4v) is 3.60. The summed E-state index contributed by atoms with van der Waals surface area (Å²) in [6, 6.07) is 4.94. The van der Waals surface area contributed by atoms with Crippen molar-refractivity contribution in [1.29, 1.82) is 0 Å². The van der Waals surface area contributed by atoms with Crippen molar-refractivity contribution in [1.82, 2.24) is 9.34 Å². The first kappa shape index (κ1) is 17.0. The SMILES string of the molecule is Cc1c(Cl)c(=O)oc2cc(OP(=O)(N(C)C)N(C)C)ccc12. The maximum absolute atomic E-state index is 12.8. The summed E-state index contributed by atoms with van der Waals surface area (Å²) in [4.78, 5) is 11.7. The van der Waals surface area contributed by atoms with Gasteiger partial charge in [0.25, 0.3) is 0 Å². The highest BCUT2D eigenvalue weighted by atomic mass is 35.5. The molecule has 1 aromatic carbocycles. The fourth-order valence-electron chi connectivity index (χ4n) is 2.03. The lowest BCUT2D eigenvalue weighted by atomic mass is 10.1.